The molecule has 16 heavy (non-hydrogen) atoms. The van der Waals surface area contributed by atoms with Crippen LogP contribution in [0.5, 0.6) is 0 Å². The molecule has 0 heterocycles. The van der Waals surface area contributed by atoms with Crippen LogP contribution in [0.1, 0.15) is 31.4 Å². The predicted octanol–water partition coefficient (Wildman–Crippen LogP) is 2.71. The second kappa shape index (κ2) is 4.56. The van der Waals surface area contributed by atoms with E-state index >= 15 is 0 Å². The number of nitrogens with one attached hydrogen (secondary N) is 2. The van der Waals surface area contributed by atoms with Gasteiger partial charge < -0.3 is 10.6 Å². The van der Waals surface area contributed by atoms with Gasteiger partial charge in [0.25, 0.3) is 0 Å². The Morgan fingerprint density at radius 1 is 1.25 bits per heavy atom. The molecular weight excluding hydrogens is 200 g/mol. The molecule has 0 saturated carbocycles. The highest BCUT2D eigenvalue weighted by Gasteiger charge is 2.11. The van der Waals surface area contributed by atoms with Gasteiger partial charge >= 0.3 is 6.03 Å². The quantitative estimate of drug-likeness (QED) is 0.787. The van der Waals surface area contributed by atoms with Crippen molar-refractivity contribution in [2.24, 2.45) is 0 Å². The highest BCUT2D eigenvalue weighted by atomic mass is 16.2. The third kappa shape index (κ3) is 2.54. The van der Waals surface area contributed by atoms with Gasteiger partial charge in [-0.05, 0) is 56.4 Å². The second-order valence-corrected chi connectivity index (χ2v) is 4.59. The standard InChI is InChI=1S/C13H18N2O/c1-9(2)14-13(16)15-12-7-6-10-4-3-5-11(10)8-12/h6-9H,3-5H2,1-2H3,(H2,14,15,16). The van der Waals surface area contributed by atoms with Crippen molar-refractivity contribution in [3.63, 3.8) is 0 Å². The zero-order valence-corrected chi connectivity index (χ0v) is 9.84. The lowest BCUT2D eigenvalue weighted by Crippen LogP contribution is -2.34. The van der Waals surface area contributed by atoms with Gasteiger partial charge in [0.2, 0.25) is 0 Å². The summed E-state index contributed by atoms with van der Waals surface area (Å²) >= 11 is 0. The van der Waals surface area contributed by atoms with Crippen LogP contribution >= 0.6 is 0 Å². The summed E-state index contributed by atoms with van der Waals surface area (Å²) in [5.41, 5.74) is 3.69. The molecule has 1 aliphatic rings. The van der Waals surface area contributed by atoms with Gasteiger partial charge in [0.15, 0.2) is 0 Å². The summed E-state index contributed by atoms with van der Waals surface area (Å²) in [5, 5.41) is 5.66. The van der Waals surface area contributed by atoms with E-state index < -0.39 is 0 Å². The summed E-state index contributed by atoms with van der Waals surface area (Å²) in [6, 6.07) is 6.21. The molecule has 2 rings (SSSR count). The summed E-state index contributed by atoms with van der Waals surface area (Å²) in [6.07, 6.45) is 3.54. The fourth-order valence-electron chi connectivity index (χ4n) is 2.08. The van der Waals surface area contributed by atoms with Crippen molar-refractivity contribution in [2.75, 3.05) is 5.32 Å². The van der Waals surface area contributed by atoms with Crippen molar-refractivity contribution < 1.29 is 4.79 Å². The number of benzene rings is 1. The molecule has 0 bridgehead atoms. The molecule has 2 N–H and O–H groups in total. The summed E-state index contributed by atoms with van der Waals surface area (Å²) in [5.74, 6) is 0. The Morgan fingerprint density at radius 2 is 2.00 bits per heavy atom. The number of hydrogen-bond donors (Lipinski definition) is 2. The van der Waals surface area contributed by atoms with E-state index in [0.717, 1.165) is 12.1 Å². The van der Waals surface area contributed by atoms with Crippen molar-refractivity contribution in [2.45, 2.75) is 39.2 Å². The van der Waals surface area contributed by atoms with E-state index in [1.165, 1.54) is 24.0 Å². The Kier molecular flexibility index (Phi) is 3.13. The first-order valence-corrected chi connectivity index (χ1v) is 5.84. The molecule has 2 amide bonds. The predicted molar refractivity (Wildman–Crippen MR) is 65.8 cm³/mol. The molecule has 0 aromatic heterocycles. The molecule has 0 aliphatic heterocycles. The summed E-state index contributed by atoms with van der Waals surface area (Å²) in [7, 11) is 0. The van der Waals surface area contributed by atoms with E-state index in [1.807, 2.05) is 19.9 Å². The molecule has 3 nitrogen and oxygen atoms in total. The number of urea groups is 1. The van der Waals surface area contributed by atoms with Crippen molar-refractivity contribution in [1.82, 2.24) is 5.32 Å². The molecule has 1 aromatic carbocycles. The van der Waals surface area contributed by atoms with Gasteiger partial charge in [-0.3, -0.25) is 0 Å². The first kappa shape index (κ1) is 11.0. The molecule has 0 radical (unpaired) electrons. The summed E-state index contributed by atoms with van der Waals surface area (Å²) < 4.78 is 0. The minimum Gasteiger partial charge on any atom is -0.336 e. The van der Waals surface area contributed by atoms with E-state index in [2.05, 4.69) is 22.8 Å². The Bertz CT molecular complexity index is 399. The number of carbonyl (C=O) groups is 1. The van der Waals surface area contributed by atoms with E-state index in [-0.39, 0.29) is 12.1 Å². The van der Waals surface area contributed by atoms with Gasteiger partial charge in [0.05, 0.1) is 0 Å². The van der Waals surface area contributed by atoms with Crippen molar-refractivity contribution >= 4 is 11.7 Å². The zero-order chi connectivity index (χ0) is 11.5. The van der Waals surface area contributed by atoms with Gasteiger partial charge in [-0.2, -0.15) is 0 Å². The highest BCUT2D eigenvalue weighted by Crippen LogP contribution is 2.24. The molecule has 86 valence electrons. The van der Waals surface area contributed by atoms with Crippen molar-refractivity contribution in [3.8, 4) is 0 Å². The number of amides is 2. The lowest BCUT2D eigenvalue weighted by atomic mass is 10.1. The molecule has 1 aliphatic carbocycles. The number of carbonyl (C=O) groups excluding carboxylic acids is 1. The van der Waals surface area contributed by atoms with Crippen LogP contribution in [0.4, 0.5) is 10.5 Å². The first-order chi connectivity index (χ1) is 7.65. The smallest absolute Gasteiger partial charge is 0.319 e. The van der Waals surface area contributed by atoms with Crippen LogP contribution in [-0.2, 0) is 12.8 Å². The fourth-order valence-corrected chi connectivity index (χ4v) is 2.08. The van der Waals surface area contributed by atoms with Gasteiger partial charge in [-0.25, -0.2) is 4.79 Å². The summed E-state index contributed by atoms with van der Waals surface area (Å²) in [6.45, 7) is 3.89. The van der Waals surface area contributed by atoms with Crippen LogP contribution in [0.2, 0.25) is 0 Å². The average Bonchev–Trinajstić information content (AvgIpc) is 2.63. The molecule has 3 heteroatoms. The molecule has 0 spiro atoms. The van der Waals surface area contributed by atoms with Gasteiger partial charge in [0, 0.05) is 11.7 Å². The summed E-state index contributed by atoms with van der Waals surface area (Å²) in [4.78, 5) is 11.5. The van der Waals surface area contributed by atoms with Gasteiger partial charge in [-0.15, -0.1) is 0 Å². The lowest BCUT2D eigenvalue weighted by molar-refractivity contribution is 0.250. The topological polar surface area (TPSA) is 41.1 Å². The van der Waals surface area contributed by atoms with Crippen LogP contribution in [0.25, 0.3) is 0 Å². The first-order valence-electron chi connectivity index (χ1n) is 5.84. The van der Waals surface area contributed by atoms with Crippen molar-refractivity contribution in [3.05, 3.63) is 29.3 Å². The van der Waals surface area contributed by atoms with Gasteiger partial charge in [-0.1, -0.05) is 6.07 Å². The minimum absolute atomic E-state index is 0.132. The fraction of sp³-hybridized carbons (Fsp3) is 0.462. The second-order valence-electron chi connectivity index (χ2n) is 4.59. The molecular formula is C13H18N2O. The Morgan fingerprint density at radius 3 is 2.75 bits per heavy atom. The van der Waals surface area contributed by atoms with E-state index in [1.54, 1.807) is 0 Å². The SMILES string of the molecule is CC(C)NC(=O)Nc1ccc2c(c1)CCC2. The van der Waals surface area contributed by atoms with E-state index in [4.69, 9.17) is 0 Å². The minimum atomic E-state index is -0.132. The number of hydrogen-bond acceptors (Lipinski definition) is 1. The molecule has 0 atom stereocenters. The van der Waals surface area contributed by atoms with E-state index in [0.29, 0.717) is 0 Å². The maximum Gasteiger partial charge on any atom is 0.319 e. The number of aryl methyl sites for hydroxylation is 2. The number of fused-ring (bicyclic) bond motifs is 1. The molecule has 0 fully saturated rings. The number of rotatable bonds is 2. The Labute approximate surface area is 96.2 Å². The zero-order valence-electron chi connectivity index (χ0n) is 9.84. The van der Waals surface area contributed by atoms with Crippen LogP contribution in [0.3, 0.4) is 0 Å². The molecule has 0 saturated heterocycles. The average molecular weight is 218 g/mol. The maximum absolute atomic E-state index is 11.5. The maximum atomic E-state index is 11.5. The normalized spacial score (nSPS) is 13.7. The third-order valence-electron chi connectivity index (χ3n) is 2.78. The van der Waals surface area contributed by atoms with Crippen molar-refractivity contribution in [1.29, 1.82) is 0 Å². The van der Waals surface area contributed by atoms with Gasteiger partial charge in [0.1, 0.15) is 0 Å². The third-order valence-corrected chi connectivity index (χ3v) is 2.78. The van der Waals surface area contributed by atoms with Crippen LogP contribution < -0.4 is 10.6 Å². The van der Waals surface area contributed by atoms with E-state index in [9.17, 15) is 4.79 Å². The van der Waals surface area contributed by atoms with Crippen LogP contribution in [0.15, 0.2) is 18.2 Å². The largest absolute Gasteiger partial charge is 0.336 e. The molecule has 0 unspecified atom stereocenters. The lowest BCUT2D eigenvalue weighted by Gasteiger charge is -2.11. The van der Waals surface area contributed by atoms with Crippen LogP contribution in [-0.4, -0.2) is 12.1 Å². The van der Waals surface area contributed by atoms with Crippen LogP contribution in [0, 0.1) is 0 Å². The molecule has 1 aromatic rings. The Hall–Kier alpha value is -1.51. The monoisotopic (exact) mass is 218 g/mol. The Balaban J connectivity index is 2.02. The highest BCUT2D eigenvalue weighted by molar-refractivity contribution is 5.89. The number of anilines is 1.